The molecule has 0 amide bonds. The lowest BCUT2D eigenvalue weighted by Crippen LogP contribution is -1.97. The lowest BCUT2D eigenvalue weighted by atomic mass is 10.2. The molecule has 0 unspecified atom stereocenters. The maximum absolute atomic E-state index is 13.2. The van der Waals surface area contributed by atoms with Crippen LogP contribution in [0.4, 0.5) is 4.39 Å². The first-order valence-corrected chi connectivity index (χ1v) is 7.46. The van der Waals surface area contributed by atoms with Crippen LogP contribution in [0.3, 0.4) is 0 Å². The molecule has 0 atom stereocenters. The SMILES string of the molecule is Fc1cc(Br)cc(COc2c(Br)cccc2Br)c1. The van der Waals surface area contributed by atoms with Crippen molar-refractivity contribution in [2.24, 2.45) is 0 Å². The van der Waals surface area contributed by atoms with Crippen LogP contribution in [-0.2, 0) is 6.61 Å². The monoisotopic (exact) mass is 436 g/mol. The summed E-state index contributed by atoms with van der Waals surface area (Å²) < 4.78 is 21.3. The van der Waals surface area contributed by atoms with E-state index >= 15 is 0 Å². The largest absolute Gasteiger partial charge is 0.487 e. The number of para-hydroxylation sites is 1. The summed E-state index contributed by atoms with van der Waals surface area (Å²) in [5, 5.41) is 0. The number of halogens is 4. The van der Waals surface area contributed by atoms with E-state index in [1.54, 1.807) is 0 Å². The number of hydrogen-bond donors (Lipinski definition) is 0. The third kappa shape index (κ3) is 3.56. The van der Waals surface area contributed by atoms with E-state index in [2.05, 4.69) is 47.8 Å². The molecular formula is C13H8Br3FO. The normalized spacial score (nSPS) is 10.4. The summed E-state index contributed by atoms with van der Waals surface area (Å²) in [7, 11) is 0. The number of ether oxygens (including phenoxy) is 1. The predicted molar refractivity (Wildman–Crippen MR) is 80.3 cm³/mol. The van der Waals surface area contributed by atoms with E-state index in [1.165, 1.54) is 12.1 Å². The fourth-order valence-electron chi connectivity index (χ4n) is 1.47. The molecule has 2 aromatic carbocycles. The van der Waals surface area contributed by atoms with Gasteiger partial charge < -0.3 is 4.74 Å². The second-order valence-corrected chi connectivity index (χ2v) is 6.24. The Morgan fingerprint density at radius 3 is 2.28 bits per heavy atom. The van der Waals surface area contributed by atoms with Crippen molar-refractivity contribution in [3.05, 3.63) is 61.2 Å². The standard InChI is InChI=1S/C13H8Br3FO/c14-9-4-8(5-10(17)6-9)7-18-13-11(15)2-1-3-12(13)16/h1-6H,7H2. The van der Waals surface area contributed by atoms with Crippen molar-refractivity contribution in [3.8, 4) is 5.75 Å². The van der Waals surface area contributed by atoms with Crippen LogP contribution in [-0.4, -0.2) is 0 Å². The molecule has 0 saturated carbocycles. The van der Waals surface area contributed by atoms with Crippen LogP contribution < -0.4 is 4.74 Å². The summed E-state index contributed by atoms with van der Waals surface area (Å²) in [6.45, 7) is 0.303. The second-order valence-electron chi connectivity index (χ2n) is 3.62. The molecule has 0 saturated heterocycles. The summed E-state index contributed by atoms with van der Waals surface area (Å²) in [5.74, 6) is 0.423. The molecule has 94 valence electrons. The van der Waals surface area contributed by atoms with Crippen molar-refractivity contribution < 1.29 is 9.13 Å². The zero-order valence-corrected chi connectivity index (χ0v) is 13.8. The highest BCUT2D eigenvalue weighted by atomic mass is 79.9. The van der Waals surface area contributed by atoms with Gasteiger partial charge in [0, 0.05) is 4.47 Å². The van der Waals surface area contributed by atoms with Gasteiger partial charge in [-0.15, -0.1) is 0 Å². The van der Waals surface area contributed by atoms with Crippen molar-refractivity contribution in [1.82, 2.24) is 0 Å². The van der Waals surface area contributed by atoms with Crippen molar-refractivity contribution >= 4 is 47.8 Å². The molecule has 2 aromatic rings. The maximum Gasteiger partial charge on any atom is 0.148 e. The Labute approximate surface area is 130 Å². The zero-order valence-electron chi connectivity index (χ0n) is 9.09. The minimum Gasteiger partial charge on any atom is -0.487 e. The maximum atomic E-state index is 13.2. The van der Waals surface area contributed by atoms with Gasteiger partial charge in [-0.25, -0.2) is 4.39 Å². The highest BCUT2D eigenvalue weighted by molar-refractivity contribution is 9.11. The molecule has 0 N–H and O–H groups in total. The summed E-state index contributed by atoms with van der Waals surface area (Å²) in [4.78, 5) is 0. The average Bonchev–Trinajstić information content (AvgIpc) is 2.27. The Balaban J connectivity index is 2.16. The van der Waals surface area contributed by atoms with Crippen LogP contribution in [0.2, 0.25) is 0 Å². The molecule has 0 aliphatic heterocycles. The smallest absolute Gasteiger partial charge is 0.148 e. The topological polar surface area (TPSA) is 9.23 Å². The molecule has 0 radical (unpaired) electrons. The van der Waals surface area contributed by atoms with Crippen LogP contribution in [0.15, 0.2) is 49.8 Å². The number of hydrogen-bond acceptors (Lipinski definition) is 1. The molecule has 2 rings (SSSR count). The molecule has 5 heteroatoms. The molecular weight excluding hydrogens is 431 g/mol. The van der Waals surface area contributed by atoms with Gasteiger partial charge in [-0.1, -0.05) is 22.0 Å². The van der Waals surface area contributed by atoms with Gasteiger partial charge in [-0.3, -0.25) is 0 Å². The van der Waals surface area contributed by atoms with Crippen LogP contribution in [0.1, 0.15) is 5.56 Å². The third-order valence-electron chi connectivity index (χ3n) is 2.22. The fourth-order valence-corrected chi connectivity index (χ4v) is 3.21. The average molecular weight is 439 g/mol. The summed E-state index contributed by atoms with van der Waals surface area (Å²) in [6, 6.07) is 10.4. The van der Waals surface area contributed by atoms with Gasteiger partial charge >= 0.3 is 0 Å². The molecule has 0 aromatic heterocycles. The van der Waals surface area contributed by atoms with Crippen molar-refractivity contribution in [1.29, 1.82) is 0 Å². The van der Waals surface area contributed by atoms with Gasteiger partial charge in [-0.05, 0) is 67.8 Å². The Bertz CT molecular complexity index is 532. The summed E-state index contributed by atoms with van der Waals surface area (Å²) in [6.07, 6.45) is 0. The Morgan fingerprint density at radius 1 is 1.00 bits per heavy atom. The molecule has 1 nitrogen and oxygen atoms in total. The van der Waals surface area contributed by atoms with E-state index in [0.29, 0.717) is 16.8 Å². The highest BCUT2D eigenvalue weighted by Crippen LogP contribution is 2.33. The first-order valence-electron chi connectivity index (χ1n) is 5.08. The van der Waals surface area contributed by atoms with Crippen molar-refractivity contribution in [3.63, 3.8) is 0 Å². The zero-order chi connectivity index (χ0) is 13.1. The van der Waals surface area contributed by atoms with E-state index in [0.717, 1.165) is 14.5 Å². The van der Waals surface area contributed by atoms with E-state index in [9.17, 15) is 4.39 Å². The Hall–Kier alpha value is -0.390. The third-order valence-corrected chi connectivity index (χ3v) is 3.93. The lowest BCUT2D eigenvalue weighted by Gasteiger charge is -2.10. The quantitative estimate of drug-likeness (QED) is 0.598. The second kappa shape index (κ2) is 6.17. The van der Waals surface area contributed by atoms with E-state index in [-0.39, 0.29) is 5.82 Å². The molecule has 0 aliphatic carbocycles. The fraction of sp³-hybridized carbons (Fsp3) is 0.0769. The minimum atomic E-state index is -0.283. The first-order chi connectivity index (χ1) is 8.56. The lowest BCUT2D eigenvalue weighted by molar-refractivity contribution is 0.301. The molecule has 0 fully saturated rings. The van der Waals surface area contributed by atoms with Gasteiger partial charge in [0.1, 0.15) is 18.2 Å². The van der Waals surface area contributed by atoms with Gasteiger partial charge in [-0.2, -0.15) is 0 Å². The Kier molecular flexibility index (Phi) is 4.81. The van der Waals surface area contributed by atoms with Crippen LogP contribution in [0, 0.1) is 5.82 Å². The summed E-state index contributed by atoms with van der Waals surface area (Å²) >= 11 is 10.1. The summed E-state index contributed by atoms with van der Waals surface area (Å²) in [5.41, 5.74) is 0.768. The van der Waals surface area contributed by atoms with Gasteiger partial charge in [0.15, 0.2) is 0 Å². The van der Waals surface area contributed by atoms with Crippen LogP contribution in [0.25, 0.3) is 0 Å². The molecule has 0 bridgehead atoms. The Morgan fingerprint density at radius 2 is 1.67 bits per heavy atom. The first kappa shape index (κ1) is 14.0. The van der Waals surface area contributed by atoms with Crippen LogP contribution in [0.5, 0.6) is 5.75 Å². The van der Waals surface area contributed by atoms with Crippen LogP contribution >= 0.6 is 47.8 Å². The van der Waals surface area contributed by atoms with E-state index in [4.69, 9.17) is 4.74 Å². The van der Waals surface area contributed by atoms with E-state index in [1.807, 2.05) is 24.3 Å². The van der Waals surface area contributed by atoms with Crippen molar-refractivity contribution in [2.45, 2.75) is 6.61 Å². The van der Waals surface area contributed by atoms with Gasteiger partial charge in [0.25, 0.3) is 0 Å². The van der Waals surface area contributed by atoms with E-state index < -0.39 is 0 Å². The molecule has 0 spiro atoms. The molecule has 18 heavy (non-hydrogen) atoms. The molecule has 0 heterocycles. The number of benzene rings is 2. The van der Waals surface area contributed by atoms with Crippen molar-refractivity contribution in [2.75, 3.05) is 0 Å². The predicted octanol–water partition coefficient (Wildman–Crippen LogP) is 5.69. The minimum absolute atomic E-state index is 0.283. The highest BCUT2D eigenvalue weighted by Gasteiger charge is 2.07. The number of rotatable bonds is 3. The van der Waals surface area contributed by atoms with Gasteiger partial charge in [0.2, 0.25) is 0 Å². The van der Waals surface area contributed by atoms with Gasteiger partial charge in [0.05, 0.1) is 8.95 Å². The molecule has 0 aliphatic rings.